The zero-order chi connectivity index (χ0) is 18.8. The number of hydrogen-bond donors (Lipinski definition) is 1. The lowest BCUT2D eigenvalue weighted by molar-refractivity contribution is -0.117. The molecule has 7 heteroatoms. The summed E-state index contributed by atoms with van der Waals surface area (Å²) in [6.45, 7) is 2.99. The van der Waals surface area contributed by atoms with Crippen LogP contribution in [0.5, 0.6) is 11.5 Å². The van der Waals surface area contributed by atoms with E-state index in [1.54, 1.807) is 6.08 Å². The SMILES string of the molecule is CC(NC(=O)/C=C/c1c(Cl)nc2ccccn12)c1ccc2c(c1)OCCO2. The van der Waals surface area contributed by atoms with E-state index in [1.807, 2.05) is 53.9 Å². The summed E-state index contributed by atoms with van der Waals surface area (Å²) >= 11 is 6.18. The van der Waals surface area contributed by atoms with E-state index in [0.29, 0.717) is 29.8 Å². The molecule has 1 aromatic carbocycles. The van der Waals surface area contributed by atoms with E-state index in [0.717, 1.165) is 17.0 Å². The fourth-order valence-electron chi connectivity index (χ4n) is 2.96. The number of halogens is 1. The molecule has 3 aromatic rings. The standard InChI is InChI=1S/C20H18ClN3O3/c1-13(14-5-7-16-17(12-14)27-11-10-26-16)22-19(25)8-6-15-20(21)23-18-4-2-3-9-24(15)18/h2-9,12-13H,10-11H2,1H3,(H,22,25)/b8-6+. The third-order valence-electron chi connectivity index (χ3n) is 4.34. The molecule has 138 valence electrons. The van der Waals surface area contributed by atoms with Crippen molar-refractivity contribution < 1.29 is 14.3 Å². The minimum absolute atomic E-state index is 0.185. The highest BCUT2D eigenvalue weighted by atomic mass is 35.5. The first kappa shape index (κ1) is 17.4. The number of hydrogen-bond acceptors (Lipinski definition) is 4. The summed E-state index contributed by atoms with van der Waals surface area (Å²) in [5, 5.41) is 3.29. The van der Waals surface area contributed by atoms with Crippen LogP contribution in [0.1, 0.15) is 24.2 Å². The first-order valence-corrected chi connectivity index (χ1v) is 9.00. The molecule has 0 aliphatic carbocycles. The molecule has 0 saturated heterocycles. The predicted molar refractivity (Wildman–Crippen MR) is 103 cm³/mol. The van der Waals surface area contributed by atoms with E-state index in [2.05, 4.69) is 10.3 Å². The van der Waals surface area contributed by atoms with Crippen molar-refractivity contribution in [3.05, 3.63) is 65.1 Å². The molecule has 1 N–H and O–H groups in total. The van der Waals surface area contributed by atoms with Crippen molar-refractivity contribution in [2.24, 2.45) is 0 Å². The van der Waals surface area contributed by atoms with Gasteiger partial charge in [0.25, 0.3) is 0 Å². The highest BCUT2D eigenvalue weighted by Crippen LogP contribution is 2.32. The van der Waals surface area contributed by atoms with Gasteiger partial charge >= 0.3 is 0 Å². The lowest BCUT2D eigenvalue weighted by Crippen LogP contribution is -2.25. The third kappa shape index (κ3) is 3.61. The zero-order valence-corrected chi connectivity index (χ0v) is 15.4. The number of amides is 1. The molecule has 3 heterocycles. The number of carbonyl (C=O) groups excluding carboxylic acids is 1. The second-order valence-electron chi connectivity index (χ2n) is 6.18. The summed E-state index contributed by atoms with van der Waals surface area (Å²) in [7, 11) is 0. The second kappa shape index (κ2) is 7.32. The number of rotatable bonds is 4. The number of fused-ring (bicyclic) bond motifs is 2. The van der Waals surface area contributed by atoms with Crippen LogP contribution in [-0.2, 0) is 4.79 Å². The van der Waals surface area contributed by atoms with Crippen molar-refractivity contribution >= 4 is 29.2 Å². The molecule has 0 saturated carbocycles. The highest BCUT2D eigenvalue weighted by molar-refractivity contribution is 6.31. The van der Waals surface area contributed by atoms with Crippen LogP contribution in [0.2, 0.25) is 5.15 Å². The van der Waals surface area contributed by atoms with E-state index in [1.165, 1.54) is 6.08 Å². The Morgan fingerprint density at radius 1 is 1.26 bits per heavy atom. The normalized spacial score (nSPS) is 14.4. The number of aromatic nitrogens is 2. The van der Waals surface area contributed by atoms with Crippen LogP contribution in [0.15, 0.2) is 48.7 Å². The Hall–Kier alpha value is -2.99. The summed E-state index contributed by atoms with van der Waals surface area (Å²) in [6, 6.07) is 11.1. The maximum absolute atomic E-state index is 12.3. The Morgan fingerprint density at radius 3 is 2.93 bits per heavy atom. The number of ether oxygens (including phenoxy) is 2. The average molecular weight is 384 g/mol. The molecular formula is C20H18ClN3O3. The van der Waals surface area contributed by atoms with Gasteiger partial charge in [-0.2, -0.15) is 0 Å². The van der Waals surface area contributed by atoms with Gasteiger partial charge in [0.1, 0.15) is 18.9 Å². The van der Waals surface area contributed by atoms with E-state index in [9.17, 15) is 4.79 Å². The Morgan fingerprint density at radius 2 is 2.07 bits per heavy atom. The molecule has 0 spiro atoms. The van der Waals surface area contributed by atoms with Crippen molar-refractivity contribution in [1.82, 2.24) is 14.7 Å². The molecule has 4 rings (SSSR count). The maximum atomic E-state index is 12.3. The molecule has 1 atom stereocenters. The zero-order valence-electron chi connectivity index (χ0n) is 14.7. The lowest BCUT2D eigenvalue weighted by atomic mass is 10.1. The fraction of sp³-hybridized carbons (Fsp3) is 0.200. The number of nitrogens with one attached hydrogen (secondary N) is 1. The Labute approximate surface area is 161 Å². The molecule has 6 nitrogen and oxygen atoms in total. The lowest BCUT2D eigenvalue weighted by Gasteiger charge is -2.20. The van der Waals surface area contributed by atoms with Crippen molar-refractivity contribution in [2.75, 3.05) is 13.2 Å². The molecule has 1 aliphatic rings. The van der Waals surface area contributed by atoms with Crippen LogP contribution in [-0.4, -0.2) is 28.5 Å². The van der Waals surface area contributed by atoms with Gasteiger partial charge in [0.15, 0.2) is 16.7 Å². The van der Waals surface area contributed by atoms with Gasteiger partial charge in [0, 0.05) is 12.3 Å². The van der Waals surface area contributed by atoms with Crippen molar-refractivity contribution in [1.29, 1.82) is 0 Å². The molecular weight excluding hydrogens is 366 g/mol. The van der Waals surface area contributed by atoms with E-state index < -0.39 is 0 Å². The summed E-state index contributed by atoms with van der Waals surface area (Å²) < 4.78 is 12.9. The van der Waals surface area contributed by atoms with Gasteiger partial charge in [-0.25, -0.2) is 4.98 Å². The molecule has 0 fully saturated rings. The van der Waals surface area contributed by atoms with Gasteiger partial charge < -0.3 is 14.8 Å². The number of pyridine rings is 1. The Kier molecular flexibility index (Phi) is 4.73. The van der Waals surface area contributed by atoms with Gasteiger partial charge in [-0.05, 0) is 42.8 Å². The summed E-state index contributed by atoms with van der Waals surface area (Å²) in [5.74, 6) is 1.21. The van der Waals surface area contributed by atoms with E-state index in [4.69, 9.17) is 21.1 Å². The molecule has 1 aliphatic heterocycles. The quantitative estimate of drug-likeness (QED) is 0.698. The van der Waals surface area contributed by atoms with Crippen molar-refractivity contribution in [3.8, 4) is 11.5 Å². The topological polar surface area (TPSA) is 64.9 Å². The maximum Gasteiger partial charge on any atom is 0.244 e. The molecule has 27 heavy (non-hydrogen) atoms. The van der Waals surface area contributed by atoms with Gasteiger partial charge in [-0.15, -0.1) is 0 Å². The highest BCUT2D eigenvalue weighted by Gasteiger charge is 2.15. The Bertz CT molecular complexity index is 1030. The average Bonchev–Trinajstić information content (AvgIpc) is 3.01. The number of imidazole rings is 1. The van der Waals surface area contributed by atoms with Crippen LogP contribution >= 0.6 is 11.6 Å². The van der Waals surface area contributed by atoms with Crippen LogP contribution in [0.3, 0.4) is 0 Å². The molecule has 0 radical (unpaired) electrons. The number of carbonyl (C=O) groups is 1. The smallest absolute Gasteiger partial charge is 0.244 e. The van der Waals surface area contributed by atoms with Crippen molar-refractivity contribution in [3.63, 3.8) is 0 Å². The first-order chi connectivity index (χ1) is 13.1. The second-order valence-corrected chi connectivity index (χ2v) is 6.54. The van der Waals surface area contributed by atoms with Crippen LogP contribution in [0.4, 0.5) is 0 Å². The predicted octanol–water partition coefficient (Wildman–Crippen LogP) is 3.65. The molecule has 1 unspecified atom stereocenters. The monoisotopic (exact) mass is 383 g/mol. The number of benzene rings is 1. The fourth-order valence-corrected chi connectivity index (χ4v) is 3.20. The van der Waals surface area contributed by atoms with E-state index >= 15 is 0 Å². The van der Waals surface area contributed by atoms with Crippen molar-refractivity contribution in [2.45, 2.75) is 13.0 Å². The summed E-state index contributed by atoms with van der Waals surface area (Å²) in [4.78, 5) is 16.6. The third-order valence-corrected chi connectivity index (χ3v) is 4.62. The van der Waals surface area contributed by atoms with Gasteiger partial charge in [-0.3, -0.25) is 9.20 Å². The first-order valence-electron chi connectivity index (χ1n) is 8.62. The summed E-state index contributed by atoms with van der Waals surface area (Å²) in [5.41, 5.74) is 2.33. The van der Waals surface area contributed by atoms with E-state index in [-0.39, 0.29) is 11.9 Å². The van der Waals surface area contributed by atoms with Crippen LogP contribution < -0.4 is 14.8 Å². The van der Waals surface area contributed by atoms with Crippen LogP contribution in [0, 0.1) is 0 Å². The number of nitrogens with zero attached hydrogens (tertiary/aromatic N) is 2. The Balaban J connectivity index is 1.47. The summed E-state index contributed by atoms with van der Waals surface area (Å²) in [6.07, 6.45) is 4.97. The minimum Gasteiger partial charge on any atom is -0.486 e. The van der Waals surface area contributed by atoms with Gasteiger partial charge in [0.05, 0.1) is 11.7 Å². The van der Waals surface area contributed by atoms with Crippen LogP contribution in [0.25, 0.3) is 11.7 Å². The largest absolute Gasteiger partial charge is 0.486 e. The van der Waals surface area contributed by atoms with Gasteiger partial charge in [-0.1, -0.05) is 23.7 Å². The molecule has 0 bridgehead atoms. The molecule has 2 aromatic heterocycles. The van der Waals surface area contributed by atoms with Gasteiger partial charge in [0.2, 0.25) is 5.91 Å². The molecule has 1 amide bonds. The minimum atomic E-state index is -0.223.